The Morgan fingerprint density at radius 1 is 1.53 bits per heavy atom. The van der Waals surface area contributed by atoms with Crippen LogP contribution in [0.2, 0.25) is 0 Å². The highest BCUT2D eigenvalue weighted by molar-refractivity contribution is 5.94. The van der Waals surface area contributed by atoms with Crippen molar-refractivity contribution in [3.63, 3.8) is 0 Å². The van der Waals surface area contributed by atoms with Crippen LogP contribution in [-0.2, 0) is 11.3 Å². The number of phenols is 1. The minimum Gasteiger partial charge on any atom is -0.505 e. The van der Waals surface area contributed by atoms with Crippen molar-refractivity contribution in [3.05, 3.63) is 28.8 Å². The van der Waals surface area contributed by atoms with Crippen LogP contribution in [0.15, 0.2) is 6.07 Å². The Morgan fingerprint density at radius 2 is 2.12 bits per heavy atom. The van der Waals surface area contributed by atoms with E-state index in [2.05, 4.69) is 4.84 Å². The predicted octanol–water partition coefficient (Wildman–Crippen LogP) is 1.87. The molecule has 1 amide bonds. The minimum absolute atomic E-state index is 0.0758. The first-order valence-electron chi connectivity index (χ1n) is 4.96. The number of phenolic OH excluding ortho intramolecular Hbond substituents is 1. The Kier molecular flexibility index (Phi) is 4.01. The molecule has 1 rings (SSSR count). The first kappa shape index (κ1) is 13.4. The molecule has 1 N–H and O–H groups in total. The third-order valence-electron chi connectivity index (χ3n) is 2.43. The molecule has 0 aromatic heterocycles. The van der Waals surface area contributed by atoms with Crippen LogP contribution in [0.4, 0.5) is 8.78 Å². The lowest BCUT2D eigenvalue weighted by atomic mass is 10.0. The van der Waals surface area contributed by atoms with E-state index in [1.165, 1.54) is 14.2 Å². The molecule has 0 aliphatic rings. The smallest absolute Gasteiger partial charge is 0.280 e. The fourth-order valence-corrected chi connectivity index (χ4v) is 1.40. The second-order valence-electron chi connectivity index (χ2n) is 3.39. The van der Waals surface area contributed by atoms with E-state index in [1.54, 1.807) is 6.92 Å². The molecule has 0 saturated carbocycles. The Hall–Kier alpha value is -1.69. The Morgan fingerprint density at radius 3 is 2.59 bits per heavy atom. The van der Waals surface area contributed by atoms with Gasteiger partial charge in [-0.15, -0.1) is 0 Å². The molecule has 1 aromatic carbocycles. The topological polar surface area (TPSA) is 49.8 Å². The number of halogens is 2. The van der Waals surface area contributed by atoms with Gasteiger partial charge in [0.05, 0.1) is 12.7 Å². The van der Waals surface area contributed by atoms with E-state index in [0.717, 1.165) is 5.06 Å². The molecule has 0 radical (unpaired) electrons. The van der Waals surface area contributed by atoms with Crippen LogP contribution in [0.3, 0.4) is 0 Å². The number of carbonyl (C=O) groups is 1. The number of rotatable bonds is 3. The lowest BCUT2D eigenvalue weighted by Crippen LogP contribution is -2.26. The maximum atomic E-state index is 13.8. The lowest BCUT2D eigenvalue weighted by Gasteiger charge is -2.15. The molecule has 0 fully saturated rings. The molecule has 6 heteroatoms. The van der Waals surface area contributed by atoms with Gasteiger partial charge >= 0.3 is 0 Å². The Bertz CT molecular complexity index is 449. The van der Waals surface area contributed by atoms with Crippen LogP contribution >= 0.6 is 0 Å². The van der Waals surface area contributed by atoms with Crippen molar-refractivity contribution >= 4 is 5.91 Å². The molecule has 0 heterocycles. The van der Waals surface area contributed by atoms with Gasteiger partial charge in [-0.2, -0.15) is 0 Å². The summed E-state index contributed by atoms with van der Waals surface area (Å²) in [6.07, 6.45) is 0.0758. The molecule has 17 heavy (non-hydrogen) atoms. The van der Waals surface area contributed by atoms with Crippen molar-refractivity contribution in [1.82, 2.24) is 5.06 Å². The summed E-state index contributed by atoms with van der Waals surface area (Å²) in [4.78, 5) is 16.2. The van der Waals surface area contributed by atoms with E-state index < -0.39 is 28.9 Å². The first-order valence-corrected chi connectivity index (χ1v) is 4.96. The summed E-state index contributed by atoms with van der Waals surface area (Å²) < 4.78 is 27.1. The van der Waals surface area contributed by atoms with Gasteiger partial charge in [0.15, 0.2) is 11.6 Å². The molecule has 94 valence electrons. The number of amides is 1. The highest BCUT2D eigenvalue weighted by Gasteiger charge is 2.23. The van der Waals surface area contributed by atoms with E-state index in [1.807, 2.05) is 0 Å². The number of hydrogen-bond donors (Lipinski definition) is 1. The average molecular weight is 245 g/mol. The largest absolute Gasteiger partial charge is 0.505 e. The number of aromatic hydroxyl groups is 1. The molecule has 4 nitrogen and oxygen atoms in total. The summed E-state index contributed by atoms with van der Waals surface area (Å²) in [5.41, 5.74) is -0.695. The normalized spacial score (nSPS) is 10.4. The summed E-state index contributed by atoms with van der Waals surface area (Å²) in [5.74, 6) is -3.54. The quantitative estimate of drug-likeness (QED) is 0.827. The lowest BCUT2D eigenvalue weighted by molar-refractivity contribution is -0.0759. The number of benzene rings is 1. The Balaban J connectivity index is 3.36. The van der Waals surface area contributed by atoms with Crippen LogP contribution in [0.1, 0.15) is 22.8 Å². The van der Waals surface area contributed by atoms with E-state index in [4.69, 9.17) is 0 Å². The zero-order valence-corrected chi connectivity index (χ0v) is 9.75. The van der Waals surface area contributed by atoms with Gasteiger partial charge in [-0.25, -0.2) is 13.8 Å². The van der Waals surface area contributed by atoms with Crippen LogP contribution in [0.5, 0.6) is 5.75 Å². The van der Waals surface area contributed by atoms with Gasteiger partial charge in [-0.3, -0.25) is 9.63 Å². The minimum atomic E-state index is -1.03. The molecular weight excluding hydrogens is 232 g/mol. The van der Waals surface area contributed by atoms with Gasteiger partial charge < -0.3 is 5.11 Å². The molecule has 0 bridgehead atoms. The molecule has 0 spiro atoms. The maximum absolute atomic E-state index is 13.8. The number of carbonyl (C=O) groups excluding carboxylic acids is 1. The number of hydrogen-bond acceptors (Lipinski definition) is 3. The van der Waals surface area contributed by atoms with Gasteiger partial charge in [0, 0.05) is 12.6 Å². The van der Waals surface area contributed by atoms with Gasteiger partial charge in [0.2, 0.25) is 0 Å². The summed E-state index contributed by atoms with van der Waals surface area (Å²) >= 11 is 0. The first-order chi connectivity index (χ1) is 7.93. The fraction of sp³-hybridized carbons (Fsp3) is 0.364. The van der Waals surface area contributed by atoms with Crippen molar-refractivity contribution in [3.8, 4) is 5.75 Å². The molecule has 0 aliphatic heterocycles. The van der Waals surface area contributed by atoms with E-state index >= 15 is 0 Å². The van der Waals surface area contributed by atoms with Crippen molar-refractivity contribution in [1.29, 1.82) is 0 Å². The van der Waals surface area contributed by atoms with E-state index in [9.17, 15) is 18.7 Å². The van der Waals surface area contributed by atoms with Gasteiger partial charge in [0.1, 0.15) is 5.82 Å². The van der Waals surface area contributed by atoms with Gasteiger partial charge in [0.25, 0.3) is 5.91 Å². The average Bonchev–Trinajstić information content (AvgIpc) is 2.32. The zero-order chi connectivity index (χ0) is 13.2. The monoisotopic (exact) mass is 245 g/mol. The standard InChI is InChI=1S/C11H13F2NO3/c1-4-6-9(13)7(5-8(12)10(6)15)11(16)14(2)17-3/h5,15H,4H2,1-3H3. The SMILES string of the molecule is CCc1c(O)c(F)cc(C(=O)N(C)OC)c1F. The predicted molar refractivity (Wildman–Crippen MR) is 56.5 cm³/mol. The molecule has 0 saturated heterocycles. The Labute approximate surface area is 97.4 Å². The van der Waals surface area contributed by atoms with Gasteiger partial charge in [-0.05, 0) is 12.5 Å². The van der Waals surface area contributed by atoms with Crippen LogP contribution in [0.25, 0.3) is 0 Å². The van der Waals surface area contributed by atoms with E-state index in [0.29, 0.717) is 6.07 Å². The van der Waals surface area contributed by atoms with Crippen molar-refractivity contribution in [2.45, 2.75) is 13.3 Å². The highest BCUT2D eigenvalue weighted by atomic mass is 19.1. The molecule has 0 aliphatic carbocycles. The molecule has 0 unspecified atom stereocenters. The van der Waals surface area contributed by atoms with Crippen molar-refractivity contribution in [2.24, 2.45) is 0 Å². The van der Waals surface area contributed by atoms with Crippen LogP contribution in [-0.4, -0.2) is 30.2 Å². The summed E-state index contributed by atoms with van der Waals surface area (Å²) in [6, 6.07) is 0.654. The summed E-state index contributed by atoms with van der Waals surface area (Å²) in [6.45, 7) is 1.55. The highest BCUT2D eigenvalue weighted by Crippen LogP contribution is 2.28. The molecule has 0 atom stereocenters. The van der Waals surface area contributed by atoms with Gasteiger partial charge in [-0.1, -0.05) is 6.92 Å². The molecule has 1 aromatic rings. The third kappa shape index (κ3) is 2.36. The van der Waals surface area contributed by atoms with E-state index in [-0.39, 0.29) is 12.0 Å². The van der Waals surface area contributed by atoms with Crippen LogP contribution < -0.4 is 0 Å². The third-order valence-corrected chi connectivity index (χ3v) is 2.43. The summed E-state index contributed by atoms with van der Waals surface area (Å²) in [5, 5.41) is 10.1. The molecular formula is C11H13F2NO3. The number of hydroxylamine groups is 2. The summed E-state index contributed by atoms with van der Waals surface area (Å²) in [7, 11) is 2.51. The number of nitrogens with zero attached hydrogens (tertiary/aromatic N) is 1. The van der Waals surface area contributed by atoms with Crippen molar-refractivity contribution < 1.29 is 23.5 Å². The fourth-order valence-electron chi connectivity index (χ4n) is 1.40. The van der Waals surface area contributed by atoms with Crippen LogP contribution in [0, 0.1) is 11.6 Å². The zero-order valence-electron chi connectivity index (χ0n) is 9.75. The van der Waals surface area contributed by atoms with Crippen molar-refractivity contribution in [2.75, 3.05) is 14.2 Å². The second-order valence-corrected chi connectivity index (χ2v) is 3.39. The second kappa shape index (κ2) is 5.09. The maximum Gasteiger partial charge on any atom is 0.280 e.